The molecule has 4 aromatic rings. The van der Waals surface area contributed by atoms with Crippen LogP contribution in [0, 0.1) is 0 Å². The molecular weight excluding hydrogens is 356 g/mol. The molecule has 140 valence electrons. The van der Waals surface area contributed by atoms with Crippen molar-refractivity contribution in [3.8, 4) is 17.1 Å². The summed E-state index contributed by atoms with van der Waals surface area (Å²) < 4.78 is 7.71. The molecule has 8 nitrogen and oxygen atoms in total. The molecule has 1 saturated carbocycles. The van der Waals surface area contributed by atoms with Crippen LogP contribution in [0.15, 0.2) is 35.2 Å². The van der Waals surface area contributed by atoms with Crippen LogP contribution in [0.25, 0.3) is 28.1 Å². The third-order valence-corrected chi connectivity index (χ3v) is 5.68. The van der Waals surface area contributed by atoms with Gasteiger partial charge in [0, 0.05) is 23.4 Å². The summed E-state index contributed by atoms with van der Waals surface area (Å²) in [6.07, 6.45) is 5.94. The van der Waals surface area contributed by atoms with Crippen LogP contribution in [0.2, 0.25) is 0 Å². The van der Waals surface area contributed by atoms with Crippen LogP contribution >= 0.6 is 0 Å². The molecule has 1 atom stereocenters. The topological polar surface area (TPSA) is 116 Å². The van der Waals surface area contributed by atoms with Gasteiger partial charge in [-0.1, -0.05) is 11.2 Å². The van der Waals surface area contributed by atoms with E-state index in [1.165, 1.54) is 6.33 Å². The summed E-state index contributed by atoms with van der Waals surface area (Å²) in [5.41, 5.74) is 10.2. The number of nitrogen functional groups attached to an aromatic ring is 1. The first kappa shape index (κ1) is 15.8. The zero-order valence-electron chi connectivity index (χ0n) is 15.0. The largest absolute Gasteiger partial charge is 0.388 e. The number of pyridine rings is 1. The highest BCUT2D eigenvalue weighted by atomic mass is 16.5. The van der Waals surface area contributed by atoms with Crippen molar-refractivity contribution in [1.29, 1.82) is 0 Å². The lowest BCUT2D eigenvalue weighted by Gasteiger charge is -2.10. The van der Waals surface area contributed by atoms with Crippen LogP contribution in [-0.2, 0) is 6.42 Å². The first-order chi connectivity index (χ1) is 13.7. The third kappa shape index (κ3) is 2.09. The Morgan fingerprint density at radius 2 is 2.04 bits per heavy atom. The number of aliphatic hydroxyl groups excluding tert-OH is 1. The molecule has 2 aliphatic rings. The number of nitrogens with two attached hydrogens (primary N) is 1. The minimum atomic E-state index is -0.623. The van der Waals surface area contributed by atoms with Crippen LogP contribution in [0.5, 0.6) is 0 Å². The lowest BCUT2D eigenvalue weighted by atomic mass is 10.0. The average Bonchev–Trinajstić information content (AvgIpc) is 3.40. The van der Waals surface area contributed by atoms with Crippen molar-refractivity contribution in [2.24, 2.45) is 0 Å². The van der Waals surface area contributed by atoms with Gasteiger partial charge in [0.1, 0.15) is 29.4 Å². The Kier molecular flexibility index (Phi) is 3.16. The van der Waals surface area contributed by atoms with Gasteiger partial charge in [-0.3, -0.25) is 4.57 Å². The van der Waals surface area contributed by atoms with Gasteiger partial charge in [-0.25, -0.2) is 15.0 Å². The van der Waals surface area contributed by atoms with Crippen molar-refractivity contribution in [3.05, 3.63) is 47.7 Å². The fourth-order valence-corrected chi connectivity index (χ4v) is 4.28. The normalized spacial score (nSPS) is 18.7. The molecule has 28 heavy (non-hydrogen) atoms. The Labute approximate surface area is 160 Å². The number of nitrogens with zero attached hydrogens (tertiary/aromatic N) is 5. The highest BCUT2D eigenvalue weighted by molar-refractivity contribution is 6.03. The van der Waals surface area contributed by atoms with E-state index >= 15 is 0 Å². The summed E-state index contributed by atoms with van der Waals surface area (Å²) in [7, 11) is 0. The quantitative estimate of drug-likeness (QED) is 0.554. The molecule has 3 N–H and O–H groups in total. The molecule has 1 unspecified atom stereocenters. The minimum absolute atomic E-state index is 0.352. The number of aliphatic hydroxyl groups is 1. The zero-order chi connectivity index (χ0) is 18.8. The molecule has 0 bridgehead atoms. The molecule has 2 aliphatic carbocycles. The fourth-order valence-electron chi connectivity index (χ4n) is 4.28. The van der Waals surface area contributed by atoms with Gasteiger partial charge in [0.2, 0.25) is 0 Å². The van der Waals surface area contributed by atoms with Crippen molar-refractivity contribution < 1.29 is 9.63 Å². The second-order valence-electron chi connectivity index (χ2n) is 7.44. The molecule has 6 rings (SSSR count). The minimum Gasteiger partial charge on any atom is -0.388 e. The van der Waals surface area contributed by atoms with E-state index in [1.54, 1.807) is 6.20 Å². The van der Waals surface area contributed by atoms with Crippen LogP contribution in [-0.4, -0.2) is 29.8 Å². The van der Waals surface area contributed by atoms with E-state index in [0.717, 1.165) is 46.6 Å². The molecule has 0 aromatic carbocycles. The summed E-state index contributed by atoms with van der Waals surface area (Å²) in [5, 5.41) is 16.0. The van der Waals surface area contributed by atoms with Gasteiger partial charge in [0.05, 0.1) is 17.1 Å². The summed E-state index contributed by atoms with van der Waals surface area (Å²) >= 11 is 0. The molecule has 1 fully saturated rings. The number of hydrogen-bond donors (Lipinski definition) is 2. The molecule has 0 spiro atoms. The van der Waals surface area contributed by atoms with E-state index in [2.05, 4.69) is 20.1 Å². The maximum atomic E-state index is 10.9. The Morgan fingerprint density at radius 1 is 1.14 bits per heavy atom. The molecule has 0 saturated heterocycles. The first-order valence-electron chi connectivity index (χ1n) is 9.47. The van der Waals surface area contributed by atoms with Gasteiger partial charge < -0.3 is 15.4 Å². The van der Waals surface area contributed by atoms with Crippen molar-refractivity contribution >= 4 is 16.9 Å². The molecular formula is C20H18N6O2. The monoisotopic (exact) mass is 374 g/mol. The zero-order valence-corrected chi connectivity index (χ0v) is 15.0. The van der Waals surface area contributed by atoms with Gasteiger partial charge in [-0.2, -0.15) is 0 Å². The van der Waals surface area contributed by atoms with Crippen LogP contribution < -0.4 is 5.73 Å². The Balaban J connectivity index is 1.74. The molecule has 8 heteroatoms. The summed E-state index contributed by atoms with van der Waals surface area (Å²) in [6.45, 7) is 0. The van der Waals surface area contributed by atoms with Gasteiger partial charge in [-0.05, 0) is 37.8 Å². The van der Waals surface area contributed by atoms with E-state index in [1.807, 2.05) is 22.8 Å². The predicted molar refractivity (Wildman–Crippen MR) is 102 cm³/mol. The van der Waals surface area contributed by atoms with Crippen LogP contribution in [0.3, 0.4) is 0 Å². The molecule has 0 amide bonds. The molecule has 4 aromatic heterocycles. The van der Waals surface area contributed by atoms with Crippen molar-refractivity contribution in [3.63, 3.8) is 0 Å². The van der Waals surface area contributed by atoms with Crippen LogP contribution in [0.1, 0.15) is 48.3 Å². The lowest BCUT2D eigenvalue weighted by Crippen LogP contribution is -2.05. The number of anilines is 1. The second kappa shape index (κ2) is 5.62. The van der Waals surface area contributed by atoms with E-state index in [9.17, 15) is 5.11 Å². The maximum absolute atomic E-state index is 10.9. The van der Waals surface area contributed by atoms with E-state index in [-0.39, 0.29) is 0 Å². The Bertz CT molecular complexity index is 1210. The van der Waals surface area contributed by atoms with E-state index in [4.69, 9.17) is 10.3 Å². The summed E-state index contributed by atoms with van der Waals surface area (Å²) in [5.74, 6) is 2.29. The first-order valence-corrected chi connectivity index (χ1v) is 9.47. The van der Waals surface area contributed by atoms with Crippen molar-refractivity contribution in [1.82, 2.24) is 24.7 Å². The van der Waals surface area contributed by atoms with E-state index in [0.29, 0.717) is 35.9 Å². The third-order valence-electron chi connectivity index (χ3n) is 5.68. The van der Waals surface area contributed by atoms with Crippen molar-refractivity contribution in [2.75, 3.05) is 5.73 Å². The van der Waals surface area contributed by atoms with Crippen molar-refractivity contribution in [2.45, 2.75) is 37.7 Å². The highest BCUT2D eigenvalue weighted by Gasteiger charge is 2.39. The number of fused-ring (bicyclic) bond motifs is 5. The SMILES string of the molecule is Nc1ncnc2c1c1c(n2-c2ccccn2)CCC(O)c2c-1noc2C1CC1. The number of aromatic nitrogens is 5. The number of rotatable bonds is 2. The smallest absolute Gasteiger partial charge is 0.152 e. The standard InChI is InChI=1S/C20H18N6O2/c21-19-16-14-11(26(20(16)24-9-23-19)13-3-1-2-8-22-13)6-7-12(27)15-17(14)25-28-18(15)10-4-5-10/h1-3,8-10,12,27H,4-7H2,(H2,21,23,24). The van der Waals surface area contributed by atoms with Gasteiger partial charge in [0.15, 0.2) is 5.65 Å². The molecule has 0 aliphatic heterocycles. The maximum Gasteiger partial charge on any atom is 0.152 e. The number of hydrogen-bond acceptors (Lipinski definition) is 7. The predicted octanol–water partition coefficient (Wildman–Crippen LogP) is 2.91. The molecule has 0 radical (unpaired) electrons. The summed E-state index contributed by atoms with van der Waals surface area (Å²) in [6, 6.07) is 5.74. The van der Waals surface area contributed by atoms with Crippen LogP contribution in [0.4, 0.5) is 5.82 Å². The Morgan fingerprint density at radius 3 is 2.82 bits per heavy atom. The average molecular weight is 374 g/mol. The van der Waals surface area contributed by atoms with Gasteiger partial charge in [-0.15, -0.1) is 0 Å². The Hall–Kier alpha value is -3.26. The van der Waals surface area contributed by atoms with Gasteiger partial charge in [0.25, 0.3) is 0 Å². The second-order valence-corrected chi connectivity index (χ2v) is 7.44. The molecule has 4 heterocycles. The lowest BCUT2D eigenvalue weighted by molar-refractivity contribution is 0.166. The van der Waals surface area contributed by atoms with Gasteiger partial charge >= 0.3 is 0 Å². The fraction of sp³-hybridized carbons (Fsp3) is 0.300. The summed E-state index contributed by atoms with van der Waals surface area (Å²) in [4.78, 5) is 13.2. The van der Waals surface area contributed by atoms with E-state index < -0.39 is 6.10 Å². The highest BCUT2D eigenvalue weighted by Crippen LogP contribution is 2.50.